The van der Waals surface area contributed by atoms with Gasteiger partial charge in [0.1, 0.15) is 28.7 Å². The first-order chi connectivity index (χ1) is 10.0. The van der Waals surface area contributed by atoms with Gasteiger partial charge in [-0.15, -0.1) is 0 Å². The Morgan fingerprint density at radius 1 is 1.29 bits per heavy atom. The number of benzene rings is 1. The topological polar surface area (TPSA) is 80.7 Å². The van der Waals surface area contributed by atoms with E-state index in [1.807, 2.05) is 0 Å². The van der Waals surface area contributed by atoms with E-state index in [1.165, 1.54) is 14.2 Å². The maximum atomic E-state index is 13.1. The van der Waals surface area contributed by atoms with Gasteiger partial charge in [-0.1, -0.05) is 0 Å². The second-order valence-corrected chi connectivity index (χ2v) is 4.05. The molecule has 0 saturated carbocycles. The zero-order valence-electron chi connectivity index (χ0n) is 11.4. The van der Waals surface area contributed by atoms with Crippen molar-refractivity contribution in [1.82, 2.24) is 4.98 Å². The van der Waals surface area contributed by atoms with Gasteiger partial charge < -0.3 is 19.9 Å². The number of nitrogens with one attached hydrogen (secondary N) is 1. The fraction of sp³-hybridized carbons (Fsp3) is 0.143. The lowest BCUT2D eigenvalue weighted by atomic mass is 10.2. The maximum absolute atomic E-state index is 13.1. The summed E-state index contributed by atoms with van der Waals surface area (Å²) in [6, 6.07) is 5.87. The molecule has 0 aliphatic heterocycles. The molecule has 0 saturated heterocycles. The zero-order chi connectivity index (χ0) is 15.4. The van der Waals surface area contributed by atoms with Gasteiger partial charge in [0, 0.05) is 6.07 Å². The van der Waals surface area contributed by atoms with Crippen LogP contribution in [-0.4, -0.2) is 30.3 Å². The van der Waals surface area contributed by atoms with Crippen molar-refractivity contribution < 1.29 is 23.8 Å². The summed E-state index contributed by atoms with van der Waals surface area (Å²) in [5.74, 6) is -0.979. The number of hydrogen-bond donors (Lipinski definition) is 2. The molecular weight excluding hydrogens is 279 g/mol. The van der Waals surface area contributed by atoms with Crippen LogP contribution in [0.4, 0.5) is 15.9 Å². The molecule has 2 N–H and O–H groups in total. The van der Waals surface area contributed by atoms with Crippen LogP contribution < -0.4 is 14.8 Å². The molecule has 0 atom stereocenters. The van der Waals surface area contributed by atoms with Crippen LogP contribution in [-0.2, 0) is 0 Å². The van der Waals surface area contributed by atoms with Crippen LogP contribution in [0.1, 0.15) is 10.4 Å². The van der Waals surface area contributed by atoms with Gasteiger partial charge in [0.2, 0.25) is 0 Å². The van der Waals surface area contributed by atoms with Crippen LogP contribution in [0, 0.1) is 5.82 Å². The molecule has 21 heavy (non-hydrogen) atoms. The number of anilines is 2. The molecule has 110 valence electrons. The Kier molecular flexibility index (Phi) is 4.22. The molecule has 7 heteroatoms. The minimum atomic E-state index is -1.29. The highest BCUT2D eigenvalue weighted by Gasteiger charge is 2.15. The number of carbonyl (C=O) groups is 1. The van der Waals surface area contributed by atoms with Gasteiger partial charge in [-0.25, -0.2) is 14.2 Å². The summed E-state index contributed by atoms with van der Waals surface area (Å²) in [4.78, 5) is 14.9. The van der Waals surface area contributed by atoms with Crippen molar-refractivity contribution in [2.45, 2.75) is 0 Å². The Hall–Kier alpha value is -2.83. The van der Waals surface area contributed by atoms with Crippen LogP contribution in [0.15, 0.2) is 30.5 Å². The Morgan fingerprint density at radius 2 is 2.05 bits per heavy atom. The van der Waals surface area contributed by atoms with Crippen molar-refractivity contribution in [3.8, 4) is 11.5 Å². The molecule has 0 radical (unpaired) electrons. The Labute approximate surface area is 120 Å². The van der Waals surface area contributed by atoms with Crippen molar-refractivity contribution in [1.29, 1.82) is 0 Å². The normalized spacial score (nSPS) is 10.0. The first-order valence-electron chi connectivity index (χ1n) is 5.93. The second kappa shape index (κ2) is 6.08. The number of halogens is 1. The van der Waals surface area contributed by atoms with Gasteiger partial charge in [0.15, 0.2) is 0 Å². The third-order valence-electron chi connectivity index (χ3n) is 2.74. The number of methoxy groups -OCH3 is 2. The highest BCUT2D eigenvalue weighted by atomic mass is 19.1. The van der Waals surface area contributed by atoms with E-state index in [9.17, 15) is 9.18 Å². The van der Waals surface area contributed by atoms with Gasteiger partial charge in [0.05, 0.1) is 26.1 Å². The van der Waals surface area contributed by atoms with Crippen molar-refractivity contribution in [3.05, 3.63) is 41.8 Å². The van der Waals surface area contributed by atoms with Gasteiger partial charge >= 0.3 is 5.97 Å². The molecule has 0 spiro atoms. The number of carboxylic acid groups (broad SMARTS) is 1. The van der Waals surface area contributed by atoms with Crippen molar-refractivity contribution in [2.75, 3.05) is 19.5 Å². The molecule has 0 bridgehead atoms. The molecule has 1 heterocycles. The Balaban J connectivity index is 2.44. The number of pyridine rings is 1. The van der Waals surface area contributed by atoms with Crippen molar-refractivity contribution in [2.24, 2.45) is 0 Å². The molecule has 0 aliphatic carbocycles. The highest BCUT2D eigenvalue weighted by Crippen LogP contribution is 2.31. The van der Waals surface area contributed by atoms with Crippen LogP contribution in [0.5, 0.6) is 11.5 Å². The highest BCUT2D eigenvalue weighted by molar-refractivity contribution is 5.94. The number of carboxylic acids is 1. The standard InChI is InChI=1S/C14H13FN2O4/c1-20-9-3-4-12(21-2)11(6-9)17-13-10(14(18)19)5-8(15)7-16-13/h3-7H,1-2H3,(H,16,17)(H,18,19). The van der Waals surface area contributed by atoms with E-state index in [2.05, 4.69) is 10.3 Å². The van der Waals surface area contributed by atoms with E-state index >= 15 is 0 Å². The second-order valence-electron chi connectivity index (χ2n) is 4.05. The van der Waals surface area contributed by atoms with Crippen LogP contribution in [0.2, 0.25) is 0 Å². The molecule has 1 aromatic carbocycles. The molecule has 0 aliphatic rings. The third kappa shape index (κ3) is 3.19. The minimum Gasteiger partial charge on any atom is -0.497 e. The number of hydrogen-bond acceptors (Lipinski definition) is 5. The van der Waals surface area contributed by atoms with Crippen molar-refractivity contribution >= 4 is 17.5 Å². The summed E-state index contributed by atoms with van der Waals surface area (Å²) in [5, 5.41) is 11.9. The van der Waals surface area contributed by atoms with Gasteiger partial charge in [-0.2, -0.15) is 0 Å². The number of aromatic carboxylic acids is 1. The fourth-order valence-electron chi connectivity index (χ4n) is 1.74. The zero-order valence-corrected chi connectivity index (χ0v) is 11.4. The average Bonchev–Trinajstić information content (AvgIpc) is 2.48. The Morgan fingerprint density at radius 3 is 2.67 bits per heavy atom. The largest absolute Gasteiger partial charge is 0.497 e. The van der Waals surface area contributed by atoms with Crippen LogP contribution >= 0.6 is 0 Å². The molecule has 0 fully saturated rings. The summed E-state index contributed by atoms with van der Waals surface area (Å²) < 4.78 is 23.4. The van der Waals surface area contributed by atoms with E-state index in [0.29, 0.717) is 17.2 Å². The minimum absolute atomic E-state index is 0.00968. The lowest BCUT2D eigenvalue weighted by Crippen LogP contribution is -2.06. The molecule has 1 aromatic heterocycles. The Bertz CT molecular complexity index is 676. The smallest absolute Gasteiger partial charge is 0.339 e. The van der Waals surface area contributed by atoms with Crippen LogP contribution in [0.3, 0.4) is 0 Å². The van der Waals surface area contributed by atoms with E-state index in [-0.39, 0.29) is 11.4 Å². The molecule has 6 nitrogen and oxygen atoms in total. The summed E-state index contributed by atoms with van der Waals surface area (Å²) in [6.07, 6.45) is 0.932. The predicted octanol–water partition coefficient (Wildman–Crippen LogP) is 2.68. The number of nitrogens with zero attached hydrogens (tertiary/aromatic N) is 1. The average molecular weight is 292 g/mol. The molecule has 2 rings (SSSR count). The van der Waals surface area contributed by atoms with Crippen LogP contribution in [0.25, 0.3) is 0 Å². The number of aromatic nitrogens is 1. The lowest BCUT2D eigenvalue weighted by Gasteiger charge is -2.13. The van der Waals surface area contributed by atoms with Gasteiger partial charge in [0.25, 0.3) is 0 Å². The summed E-state index contributed by atoms with van der Waals surface area (Å²) in [7, 11) is 2.98. The van der Waals surface area contributed by atoms with Gasteiger partial charge in [-0.05, 0) is 18.2 Å². The van der Waals surface area contributed by atoms with E-state index in [0.717, 1.165) is 12.3 Å². The molecule has 0 unspecified atom stereocenters. The predicted molar refractivity (Wildman–Crippen MR) is 74.0 cm³/mol. The van der Waals surface area contributed by atoms with Gasteiger partial charge in [-0.3, -0.25) is 0 Å². The molecule has 0 amide bonds. The quantitative estimate of drug-likeness (QED) is 0.882. The monoisotopic (exact) mass is 292 g/mol. The summed E-state index contributed by atoms with van der Waals surface area (Å²) in [5.41, 5.74) is 0.179. The number of rotatable bonds is 5. The molecule has 2 aromatic rings. The number of ether oxygens (including phenoxy) is 2. The first-order valence-corrected chi connectivity index (χ1v) is 5.93. The van der Waals surface area contributed by atoms with E-state index < -0.39 is 11.8 Å². The third-order valence-corrected chi connectivity index (χ3v) is 2.74. The van der Waals surface area contributed by atoms with Crippen molar-refractivity contribution in [3.63, 3.8) is 0 Å². The summed E-state index contributed by atoms with van der Waals surface area (Å²) >= 11 is 0. The fourth-order valence-corrected chi connectivity index (χ4v) is 1.74. The SMILES string of the molecule is COc1ccc(OC)c(Nc2ncc(F)cc2C(=O)O)c1. The van der Waals surface area contributed by atoms with E-state index in [4.69, 9.17) is 14.6 Å². The first kappa shape index (κ1) is 14.6. The summed E-state index contributed by atoms with van der Waals surface area (Å²) in [6.45, 7) is 0. The lowest BCUT2D eigenvalue weighted by molar-refractivity contribution is 0.0697. The maximum Gasteiger partial charge on any atom is 0.339 e. The molecular formula is C14H13FN2O4. The van der Waals surface area contributed by atoms with E-state index in [1.54, 1.807) is 18.2 Å².